The van der Waals surface area contributed by atoms with Crippen molar-refractivity contribution in [2.75, 3.05) is 11.1 Å². The Morgan fingerprint density at radius 1 is 1.21 bits per heavy atom. The van der Waals surface area contributed by atoms with Gasteiger partial charge in [-0.25, -0.2) is 4.98 Å². The summed E-state index contributed by atoms with van der Waals surface area (Å²) in [7, 11) is 0. The number of halogens is 4. The molecule has 8 heteroatoms. The van der Waals surface area contributed by atoms with Crippen LogP contribution in [-0.2, 0) is 6.18 Å². The number of nitrogens with zero attached hydrogens (tertiary/aromatic N) is 2. The maximum Gasteiger partial charge on any atom is 0.417 e. The Morgan fingerprint density at radius 2 is 1.95 bits per heavy atom. The van der Waals surface area contributed by atoms with Gasteiger partial charge in [-0.3, -0.25) is 0 Å². The van der Waals surface area contributed by atoms with Gasteiger partial charge in [0.15, 0.2) is 0 Å². The largest absolute Gasteiger partial charge is 0.417 e. The Labute approximate surface area is 115 Å². The molecule has 0 unspecified atom stereocenters. The number of benzene rings is 1. The normalized spacial score (nSPS) is 11.4. The summed E-state index contributed by atoms with van der Waals surface area (Å²) >= 11 is 2.87. The van der Waals surface area contributed by atoms with E-state index >= 15 is 0 Å². The summed E-state index contributed by atoms with van der Waals surface area (Å²) < 4.78 is 38.2. The van der Waals surface area contributed by atoms with Crippen molar-refractivity contribution in [3.8, 4) is 0 Å². The second-order valence-electron chi connectivity index (χ2n) is 3.62. The summed E-state index contributed by atoms with van der Waals surface area (Å²) in [6.45, 7) is 0. The predicted molar refractivity (Wildman–Crippen MR) is 68.9 cm³/mol. The minimum absolute atomic E-state index is 0.0206. The first-order valence-electron chi connectivity index (χ1n) is 5.08. The van der Waals surface area contributed by atoms with E-state index in [9.17, 15) is 13.2 Å². The molecule has 0 saturated carbocycles. The number of nitrogen functional groups attached to an aromatic ring is 1. The van der Waals surface area contributed by atoms with Crippen LogP contribution in [0.1, 0.15) is 5.56 Å². The third-order valence-electron chi connectivity index (χ3n) is 2.22. The van der Waals surface area contributed by atoms with E-state index < -0.39 is 11.7 Å². The number of rotatable bonds is 2. The number of alkyl halides is 3. The summed E-state index contributed by atoms with van der Waals surface area (Å²) in [5.41, 5.74) is 4.88. The monoisotopic (exact) mass is 332 g/mol. The third kappa shape index (κ3) is 3.34. The lowest BCUT2D eigenvalue weighted by atomic mass is 10.2. The summed E-state index contributed by atoms with van der Waals surface area (Å²) in [6, 6.07) is 5.31. The first-order chi connectivity index (χ1) is 8.86. The van der Waals surface area contributed by atoms with Crippen LogP contribution in [0, 0.1) is 0 Å². The second kappa shape index (κ2) is 5.04. The van der Waals surface area contributed by atoms with Gasteiger partial charge in [0, 0.05) is 16.4 Å². The van der Waals surface area contributed by atoms with E-state index in [1.54, 1.807) is 0 Å². The topological polar surface area (TPSA) is 63.8 Å². The Bertz CT molecular complexity index is 601. The van der Waals surface area contributed by atoms with E-state index in [0.717, 1.165) is 6.07 Å². The molecule has 1 aromatic heterocycles. The highest BCUT2D eigenvalue weighted by molar-refractivity contribution is 9.10. The minimum Gasteiger partial charge on any atom is -0.368 e. The highest BCUT2D eigenvalue weighted by Crippen LogP contribution is 2.36. The lowest BCUT2D eigenvalue weighted by Gasteiger charge is -2.12. The molecule has 19 heavy (non-hydrogen) atoms. The summed E-state index contributed by atoms with van der Waals surface area (Å²) in [5.74, 6) is 0.362. The van der Waals surface area contributed by atoms with Crippen molar-refractivity contribution in [3.63, 3.8) is 0 Å². The quantitative estimate of drug-likeness (QED) is 0.882. The average Bonchev–Trinajstić information content (AvgIpc) is 2.30. The van der Waals surface area contributed by atoms with Crippen molar-refractivity contribution < 1.29 is 13.2 Å². The first-order valence-corrected chi connectivity index (χ1v) is 5.88. The predicted octanol–water partition coefficient (Wildman–Crippen LogP) is 3.58. The summed E-state index contributed by atoms with van der Waals surface area (Å²) in [6.07, 6.45) is -3.02. The molecule has 100 valence electrons. The van der Waals surface area contributed by atoms with Gasteiger partial charge >= 0.3 is 6.18 Å². The Hall–Kier alpha value is -1.83. The van der Waals surface area contributed by atoms with Gasteiger partial charge in [-0.05, 0) is 24.3 Å². The van der Waals surface area contributed by atoms with E-state index in [1.165, 1.54) is 24.4 Å². The molecule has 0 aliphatic heterocycles. The standard InChI is InChI=1S/C11H8BrF3N4/c12-8-2-1-6(5-7(8)11(13,14)15)18-9-3-4-17-10(16)19-9/h1-5H,(H3,16,17,18,19). The molecule has 0 aliphatic rings. The van der Waals surface area contributed by atoms with Gasteiger partial charge in [-0.2, -0.15) is 18.2 Å². The zero-order chi connectivity index (χ0) is 14.0. The van der Waals surface area contributed by atoms with Crippen molar-refractivity contribution in [1.29, 1.82) is 0 Å². The Balaban J connectivity index is 2.32. The van der Waals surface area contributed by atoms with E-state index in [4.69, 9.17) is 5.73 Å². The molecule has 0 radical (unpaired) electrons. The molecule has 0 spiro atoms. The molecular weight excluding hydrogens is 325 g/mol. The van der Waals surface area contributed by atoms with Crippen LogP contribution in [-0.4, -0.2) is 9.97 Å². The lowest BCUT2D eigenvalue weighted by Crippen LogP contribution is -2.07. The van der Waals surface area contributed by atoms with Crippen LogP contribution >= 0.6 is 15.9 Å². The molecular formula is C11H8BrF3N4. The smallest absolute Gasteiger partial charge is 0.368 e. The van der Waals surface area contributed by atoms with E-state index in [-0.39, 0.29) is 16.1 Å². The maximum absolute atomic E-state index is 12.7. The van der Waals surface area contributed by atoms with Crippen LogP contribution < -0.4 is 11.1 Å². The molecule has 0 amide bonds. The zero-order valence-corrected chi connectivity index (χ0v) is 11.0. The molecule has 0 aliphatic carbocycles. The Kier molecular flexibility index (Phi) is 3.61. The Morgan fingerprint density at radius 3 is 2.58 bits per heavy atom. The molecule has 2 rings (SSSR count). The van der Waals surface area contributed by atoms with Crippen LogP contribution in [0.3, 0.4) is 0 Å². The van der Waals surface area contributed by atoms with Crippen LogP contribution in [0.15, 0.2) is 34.9 Å². The molecule has 4 nitrogen and oxygen atoms in total. The van der Waals surface area contributed by atoms with Crippen LogP contribution in [0.4, 0.5) is 30.6 Å². The number of hydrogen-bond donors (Lipinski definition) is 2. The van der Waals surface area contributed by atoms with E-state index in [0.29, 0.717) is 5.82 Å². The first kappa shape index (κ1) is 13.6. The summed E-state index contributed by atoms with van der Waals surface area (Å²) in [5, 5.41) is 2.73. The van der Waals surface area contributed by atoms with Gasteiger partial charge in [-0.1, -0.05) is 15.9 Å². The number of aromatic nitrogens is 2. The maximum atomic E-state index is 12.7. The van der Waals surface area contributed by atoms with E-state index in [1.807, 2.05) is 0 Å². The molecule has 0 fully saturated rings. The second-order valence-corrected chi connectivity index (χ2v) is 4.47. The average molecular weight is 333 g/mol. The number of nitrogens with one attached hydrogen (secondary N) is 1. The fourth-order valence-electron chi connectivity index (χ4n) is 1.41. The molecule has 0 saturated heterocycles. The fourth-order valence-corrected chi connectivity index (χ4v) is 1.88. The highest BCUT2D eigenvalue weighted by Gasteiger charge is 2.33. The van der Waals surface area contributed by atoms with Gasteiger partial charge in [0.2, 0.25) is 5.95 Å². The molecule has 0 atom stereocenters. The van der Waals surface area contributed by atoms with Crippen molar-refractivity contribution in [1.82, 2.24) is 9.97 Å². The number of nitrogens with two attached hydrogens (primary N) is 1. The summed E-state index contributed by atoms with van der Waals surface area (Å²) in [4.78, 5) is 7.54. The number of hydrogen-bond acceptors (Lipinski definition) is 4. The zero-order valence-electron chi connectivity index (χ0n) is 9.37. The lowest BCUT2D eigenvalue weighted by molar-refractivity contribution is -0.138. The van der Waals surface area contributed by atoms with Gasteiger partial charge < -0.3 is 11.1 Å². The molecule has 1 aromatic carbocycles. The van der Waals surface area contributed by atoms with Gasteiger partial charge in [-0.15, -0.1) is 0 Å². The highest BCUT2D eigenvalue weighted by atomic mass is 79.9. The molecule has 1 heterocycles. The van der Waals surface area contributed by atoms with Crippen LogP contribution in [0.5, 0.6) is 0 Å². The molecule has 0 bridgehead atoms. The molecule has 3 N–H and O–H groups in total. The number of anilines is 3. The SMILES string of the molecule is Nc1nccc(Nc2ccc(Br)c(C(F)(F)F)c2)n1. The molecule has 2 aromatic rings. The van der Waals surface area contributed by atoms with E-state index in [2.05, 4.69) is 31.2 Å². The van der Waals surface area contributed by atoms with Crippen LogP contribution in [0.2, 0.25) is 0 Å². The van der Waals surface area contributed by atoms with Gasteiger partial charge in [0.1, 0.15) is 5.82 Å². The fraction of sp³-hybridized carbons (Fsp3) is 0.0909. The van der Waals surface area contributed by atoms with Crippen molar-refractivity contribution in [3.05, 3.63) is 40.5 Å². The van der Waals surface area contributed by atoms with Crippen molar-refractivity contribution in [2.45, 2.75) is 6.18 Å². The van der Waals surface area contributed by atoms with Crippen molar-refractivity contribution in [2.24, 2.45) is 0 Å². The minimum atomic E-state index is -4.43. The third-order valence-corrected chi connectivity index (χ3v) is 2.91. The van der Waals surface area contributed by atoms with Crippen LogP contribution in [0.25, 0.3) is 0 Å². The van der Waals surface area contributed by atoms with Gasteiger partial charge in [0.05, 0.1) is 5.56 Å². The van der Waals surface area contributed by atoms with Gasteiger partial charge in [0.25, 0.3) is 0 Å². The van der Waals surface area contributed by atoms with Crippen molar-refractivity contribution >= 4 is 33.4 Å².